The monoisotopic (exact) mass is 299 g/mol. The fourth-order valence-corrected chi connectivity index (χ4v) is 2.11. The third kappa shape index (κ3) is 3.55. The normalized spacial score (nSPS) is 10.4. The Morgan fingerprint density at radius 2 is 1.72 bits per heavy atom. The van der Waals surface area contributed by atoms with E-state index in [1.165, 1.54) is 0 Å². The maximum absolute atomic E-state index is 5.97. The van der Waals surface area contributed by atoms with Crippen molar-refractivity contribution in [3.63, 3.8) is 0 Å². The SMILES string of the molecule is ClCc1cccc(NCc2ccc(Cl)c(Cl)c2)c1. The van der Waals surface area contributed by atoms with Gasteiger partial charge in [0.05, 0.1) is 10.0 Å². The molecule has 2 rings (SSSR count). The molecule has 0 saturated heterocycles. The zero-order valence-corrected chi connectivity index (χ0v) is 11.9. The van der Waals surface area contributed by atoms with Crippen LogP contribution in [-0.4, -0.2) is 0 Å². The zero-order valence-electron chi connectivity index (χ0n) is 9.59. The van der Waals surface area contributed by atoms with Gasteiger partial charge < -0.3 is 5.32 Å². The third-order valence-electron chi connectivity index (χ3n) is 2.56. The Morgan fingerprint density at radius 1 is 0.889 bits per heavy atom. The van der Waals surface area contributed by atoms with Crippen molar-refractivity contribution in [2.75, 3.05) is 5.32 Å². The molecule has 0 atom stereocenters. The van der Waals surface area contributed by atoms with Gasteiger partial charge in [0.25, 0.3) is 0 Å². The minimum Gasteiger partial charge on any atom is -0.381 e. The first-order chi connectivity index (χ1) is 8.69. The molecule has 2 aromatic rings. The predicted octanol–water partition coefficient (Wildman–Crippen LogP) is 5.34. The topological polar surface area (TPSA) is 12.0 Å². The Hall–Kier alpha value is -0.890. The van der Waals surface area contributed by atoms with Crippen molar-refractivity contribution in [2.45, 2.75) is 12.4 Å². The van der Waals surface area contributed by atoms with Crippen LogP contribution in [0.15, 0.2) is 42.5 Å². The molecule has 94 valence electrons. The summed E-state index contributed by atoms with van der Waals surface area (Å²) in [6, 6.07) is 13.6. The van der Waals surface area contributed by atoms with E-state index in [1.807, 2.05) is 36.4 Å². The lowest BCUT2D eigenvalue weighted by Crippen LogP contribution is -1.99. The lowest BCUT2D eigenvalue weighted by atomic mass is 10.2. The van der Waals surface area contributed by atoms with Gasteiger partial charge in [-0.15, -0.1) is 11.6 Å². The van der Waals surface area contributed by atoms with E-state index >= 15 is 0 Å². The summed E-state index contributed by atoms with van der Waals surface area (Å²) in [5.74, 6) is 0.516. The number of hydrogen-bond donors (Lipinski definition) is 1. The maximum Gasteiger partial charge on any atom is 0.0595 e. The highest BCUT2D eigenvalue weighted by atomic mass is 35.5. The van der Waals surface area contributed by atoms with E-state index in [0.717, 1.165) is 16.8 Å². The van der Waals surface area contributed by atoms with Gasteiger partial charge in [0.2, 0.25) is 0 Å². The lowest BCUT2D eigenvalue weighted by Gasteiger charge is -2.08. The molecule has 0 heterocycles. The molecule has 18 heavy (non-hydrogen) atoms. The number of nitrogens with one attached hydrogen (secondary N) is 1. The number of alkyl halides is 1. The van der Waals surface area contributed by atoms with Crippen molar-refractivity contribution in [1.29, 1.82) is 0 Å². The van der Waals surface area contributed by atoms with Crippen molar-refractivity contribution in [2.24, 2.45) is 0 Å². The highest BCUT2D eigenvalue weighted by molar-refractivity contribution is 6.42. The maximum atomic E-state index is 5.97. The molecule has 1 nitrogen and oxygen atoms in total. The van der Waals surface area contributed by atoms with Gasteiger partial charge in [0.15, 0.2) is 0 Å². The smallest absolute Gasteiger partial charge is 0.0595 e. The Kier molecular flexibility index (Phi) is 4.76. The fourth-order valence-electron chi connectivity index (χ4n) is 1.62. The average molecular weight is 301 g/mol. The number of benzene rings is 2. The number of anilines is 1. The van der Waals surface area contributed by atoms with Crippen molar-refractivity contribution >= 4 is 40.5 Å². The standard InChI is InChI=1S/C14H12Cl3N/c15-8-10-2-1-3-12(6-10)18-9-11-4-5-13(16)14(17)7-11/h1-7,18H,8-9H2. The molecule has 1 N–H and O–H groups in total. The van der Waals surface area contributed by atoms with E-state index in [1.54, 1.807) is 6.07 Å². The lowest BCUT2D eigenvalue weighted by molar-refractivity contribution is 1.15. The van der Waals surface area contributed by atoms with Gasteiger partial charge in [-0.2, -0.15) is 0 Å². The minimum absolute atomic E-state index is 0.516. The molecule has 0 fully saturated rings. The van der Waals surface area contributed by atoms with E-state index in [4.69, 9.17) is 34.8 Å². The first-order valence-corrected chi connectivity index (χ1v) is 6.81. The summed E-state index contributed by atoms with van der Waals surface area (Å²) in [6.45, 7) is 0.697. The van der Waals surface area contributed by atoms with E-state index in [2.05, 4.69) is 5.32 Å². The van der Waals surface area contributed by atoms with Gasteiger partial charge >= 0.3 is 0 Å². The van der Waals surface area contributed by atoms with E-state index in [0.29, 0.717) is 22.5 Å². The Morgan fingerprint density at radius 3 is 2.44 bits per heavy atom. The van der Waals surface area contributed by atoms with Gasteiger partial charge in [-0.3, -0.25) is 0 Å². The molecular weight excluding hydrogens is 289 g/mol. The van der Waals surface area contributed by atoms with E-state index in [-0.39, 0.29) is 0 Å². The van der Waals surface area contributed by atoms with Gasteiger partial charge in [0, 0.05) is 18.1 Å². The van der Waals surface area contributed by atoms with Crippen LogP contribution in [0.2, 0.25) is 10.0 Å². The Labute approximate surface area is 122 Å². The molecular formula is C14H12Cl3N. The van der Waals surface area contributed by atoms with Gasteiger partial charge in [-0.05, 0) is 35.4 Å². The molecule has 2 aromatic carbocycles. The molecule has 0 unspecified atom stereocenters. The fraction of sp³-hybridized carbons (Fsp3) is 0.143. The molecule has 0 radical (unpaired) electrons. The third-order valence-corrected chi connectivity index (χ3v) is 3.61. The molecule has 0 aliphatic rings. The predicted molar refractivity (Wildman–Crippen MR) is 79.8 cm³/mol. The molecule has 0 bridgehead atoms. The molecule has 0 aliphatic carbocycles. The number of halogens is 3. The second-order valence-corrected chi connectivity index (χ2v) is 5.02. The van der Waals surface area contributed by atoms with Crippen LogP contribution < -0.4 is 5.32 Å². The van der Waals surface area contributed by atoms with Crippen LogP contribution >= 0.6 is 34.8 Å². The van der Waals surface area contributed by atoms with Crippen LogP contribution in [0, 0.1) is 0 Å². The first-order valence-electron chi connectivity index (χ1n) is 5.52. The summed E-state index contributed by atoms with van der Waals surface area (Å²) < 4.78 is 0. The van der Waals surface area contributed by atoms with Crippen LogP contribution in [0.3, 0.4) is 0 Å². The van der Waals surface area contributed by atoms with Crippen LogP contribution in [0.5, 0.6) is 0 Å². The average Bonchev–Trinajstić information content (AvgIpc) is 2.40. The van der Waals surface area contributed by atoms with Crippen molar-refractivity contribution in [1.82, 2.24) is 0 Å². The second kappa shape index (κ2) is 6.33. The summed E-state index contributed by atoms with van der Waals surface area (Å²) >= 11 is 17.6. The van der Waals surface area contributed by atoms with Crippen molar-refractivity contribution in [3.8, 4) is 0 Å². The summed E-state index contributed by atoms with van der Waals surface area (Å²) in [4.78, 5) is 0. The Bertz CT molecular complexity index is 540. The second-order valence-electron chi connectivity index (χ2n) is 3.94. The van der Waals surface area contributed by atoms with Crippen LogP contribution in [0.4, 0.5) is 5.69 Å². The zero-order chi connectivity index (χ0) is 13.0. The van der Waals surface area contributed by atoms with E-state index in [9.17, 15) is 0 Å². The molecule has 0 aliphatic heterocycles. The summed E-state index contributed by atoms with van der Waals surface area (Å²) in [5.41, 5.74) is 3.22. The molecule has 0 saturated carbocycles. The van der Waals surface area contributed by atoms with Gasteiger partial charge in [-0.25, -0.2) is 0 Å². The van der Waals surface area contributed by atoms with Gasteiger partial charge in [-0.1, -0.05) is 41.4 Å². The molecule has 0 aromatic heterocycles. The van der Waals surface area contributed by atoms with E-state index < -0.39 is 0 Å². The highest BCUT2D eigenvalue weighted by Crippen LogP contribution is 2.23. The molecule has 4 heteroatoms. The summed E-state index contributed by atoms with van der Waals surface area (Å²) in [5, 5.41) is 4.47. The first kappa shape index (κ1) is 13.5. The summed E-state index contributed by atoms with van der Waals surface area (Å²) in [7, 11) is 0. The molecule has 0 amide bonds. The number of rotatable bonds is 4. The van der Waals surface area contributed by atoms with Crippen LogP contribution in [0.1, 0.15) is 11.1 Å². The summed E-state index contributed by atoms with van der Waals surface area (Å²) in [6.07, 6.45) is 0. The van der Waals surface area contributed by atoms with Crippen molar-refractivity contribution < 1.29 is 0 Å². The van der Waals surface area contributed by atoms with Crippen LogP contribution in [-0.2, 0) is 12.4 Å². The largest absolute Gasteiger partial charge is 0.381 e. The molecule has 0 spiro atoms. The quantitative estimate of drug-likeness (QED) is 0.751. The van der Waals surface area contributed by atoms with Gasteiger partial charge in [0.1, 0.15) is 0 Å². The Balaban J connectivity index is 2.04. The minimum atomic E-state index is 0.516. The van der Waals surface area contributed by atoms with Crippen molar-refractivity contribution in [3.05, 3.63) is 63.6 Å². The van der Waals surface area contributed by atoms with Crippen LogP contribution in [0.25, 0.3) is 0 Å². The highest BCUT2D eigenvalue weighted by Gasteiger charge is 2.00. The number of hydrogen-bond acceptors (Lipinski definition) is 1.